The molecule has 6 heteroatoms. The zero-order valence-corrected chi connectivity index (χ0v) is 22.6. The molecule has 1 atom stereocenters. The molecule has 188 valence electrons. The van der Waals surface area contributed by atoms with Crippen LogP contribution in [0.5, 0.6) is 11.5 Å². The van der Waals surface area contributed by atoms with Crippen LogP contribution in [-0.4, -0.2) is 23.6 Å². The van der Waals surface area contributed by atoms with Crippen molar-refractivity contribution in [1.82, 2.24) is 5.32 Å². The van der Waals surface area contributed by atoms with Crippen molar-refractivity contribution in [3.8, 4) is 11.5 Å². The van der Waals surface area contributed by atoms with E-state index in [1.165, 1.54) is 5.56 Å². The number of rotatable bonds is 5. The Balaban J connectivity index is 1.48. The lowest BCUT2D eigenvalue weighted by Crippen LogP contribution is -2.42. The van der Waals surface area contributed by atoms with Crippen molar-refractivity contribution in [3.05, 3.63) is 89.0 Å². The van der Waals surface area contributed by atoms with Gasteiger partial charge in [0.05, 0.1) is 13.2 Å². The molecule has 0 spiro atoms. The van der Waals surface area contributed by atoms with Crippen molar-refractivity contribution in [2.24, 2.45) is 0 Å². The molecule has 1 aliphatic rings. The third-order valence-corrected chi connectivity index (χ3v) is 6.60. The Labute approximate surface area is 219 Å². The molecule has 0 saturated heterocycles. The Hall–Kier alpha value is -3.38. The van der Waals surface area contributed by atoms with E-state index in [-0.39, 0.29) is 22.8 Å². The minimum Gasteiger partial charge on any atom is -0.497 e. The van der Waals surface area contributed by atoms with E-state index >= 15 is 0 Å². The number of ether oxygens (including phenoxy) is 2. The van der Waals surface area contributed by atoms with Crippen LogP contribution in [0, 0.1) is 0 Å². The van der Waals surface area contributed by atoms with E-state index in [1.807, 2.05) is 66.7 Å². The van der Waals surface area contributed by atoms with Gasteiger partial charge in [0.2, 0.25) is 0 Å². The minimum absolute atomic E-state index is 0.0230. The molecule has 2 N–H and O–H groups in total. The molecule has 0 fully saturated rings. The van der Waals surface area contributed by atoms with Gasteiger partial charge in [-0.1, -0.05) is 57.2 Å². The smallest absolute Gasteiger partial charge is 0.193 e. The van der Waals surface area contributed by atoms with E-state index in [0.29, 0.717) is 16.2 Å². The summed E-state index contributed by atoms with van der Waals surface area (Å²) in [6.45, 7) is 10.6. The molecular formula is C30H34N2O3S. The summed E-state index contributed by atoms with van der Waals surface area (Å²) in [6.07, 6.45) is 0.734. The molecule has 0 aliphatic carbocycles. The first-order chi connectivity index (χ1) is 16.9. The summed E-state index contributed by atoms with van der Waals surface area (Å²) >= 11 is 5.65. The van der Waals surface area contributed by atoms with Crippen molar-refractivity contribution in [3.63, 3.8) is 0 Å². The summed E-state index contributed by atoms with van der Waals surface area (Å²) < 4.78 is 11.6. The van der Waals surface area contributed by atoms with Gasteiger partial charge in [0, 0.05) is 28.8 Å². The van der Waals surface area contributed by atoms with Gasteiger partial charge in [0.1, 0.15) is 17.1 Å². The van der Waals surface area contributed by atoms with Crippen LogP contribution in [0.3, 0.4) is 0 Å². The second kappa shape index (κ2) is 9.94. The zero-order valence-electron chi connectivity index (χ0n) is 21.8. The van der Waals surface area contributed by atoms with Crippen LogP contribution in [0.1, 0.15) is 74.1 Å². The van der Waals surface area contributed by atoms with Crippen molar-refractivity contribution >= 4 is 28.8 Å². The molecule has 36 heavy (non-hydrogen) atoms. The van der Waals surface area contributed by atoms with Crippen molar-refractivity contribution in [2.75, 3.05) is 12.4 Å². The molecule has 1 heterocycles. The van der Waals surface area contributed by atoms with Gasteiger partial charge in [-0.25, -0.2) is 0 Å². The first-order valence-electron chi connectivity index (χ1n) is 12.1. The fourth-order valence-corrected chi connectivity index (χ4v) is 4.70. The van der Waals surface area contributed by atoms with Crippen molar-refractivity contribution < 1.29 is 14.3 Å². The number of benzene rings is 3. The van der Waals surface area contributed by atoms with Gasteiger partial charge in [-0.3, -0.25) is 4.79 Å². The lowest BCUT2D eigenvalue weighted by atomic mass is 9.86. The number of anilines is 1. The van der Waals surface area contributed by atoms with Crippen LogP contribution < -0.4 is 20.1 Å². The van der Waals surface area contributed by atoms with Gasteiger partial charge >= 0.3 is 0 Å². The lowest BCUT2D eigenvalue weighted by molar-refractivity contribution is 0.0695. The van der Waals surface area contributed by atoms with Gasteiger partial charge in [-0.15, -0.1) is 0 Å². The van der Waals surface area contributed by atoms with Gasteiger partial charge in [0.15, 0.2) is 10.9 Å². The van der Waals surface area contributed by atoms with Crippen LogP contribution in [0.15, 0.2) is 66.7 Å². The Morgan fingerprint density at radius 1 is 1.03 bits per heavy atom. The molecule has 0 saturated carbocycles. The number of methoxy groups -OCH3 is 1. The van der Waals surface area contributed by atoms with Crippen molar-refractivity contribution in [1.29, 1.82) is 0 Å². The Morgan fingerprint density at radius 3 is 2.42 bits per heavy atom. The van der Waals surface area contributed by atoms with Gasteiger partial charge in [0.25, 0.3) is 0 Å². The van der Waals surface area contributed by atoms with E-state index in [4.69, 9.17) is 21.7 Å². The predicted octanol–water partition coefficient (Wildman–Crippen LogP) is 6.81. The molecule has 0 radical (unpaired) electrons. The Kier molecular flexibility index (Phi) is 7.10. The summed E-state index contributed by atoms with van der Waals surface area (Å²) in [7, 11) is 1.65. The number of carbonyl (C=O) groups is 1. The van der Waals surface area contributed by atoms with E-state index in [1.54, 1.807) is 7.11 Å². The number of hydrogen-bond donors (Lipinski definition) is 2. The lowest BCUT2D eigenvalue weighted by Gasteiger charge is -2.38. The Bertz CT molecular complexity index is 1280. The van der Waals surface area contributed by atoms with Crippen LogP contribution in [0.25, 0.3) is 0 Å². The summed E-state index contributed by atoms with van der Waals surface area (Å²) in [5.41, 5.74) is 3.91. The largest absolute Gasteiger partial charge is 0.497 e. The first kappa shape index (κ1) is 25.7. The highest BCUT2D eigenvalue weighted by Crippen LogP contribution is 2.41. The molecule has 0 amide bonds. The fraction of sp³-hybridized carbons (Fsp3) is 0.333. The summed E-state index contributed by atoms with van der Waals surface area (Å²) in [5, 5.41) is 7.16. The number of hydrogen-bond acceptors (Lipinski definition) is 4. The normalized spacial score (nSPS) is 16.3. The van der Waals surface area contributed by atoms with E-state index < -0.39 is 0 Å². The number of nitrogens with one attached hydrogen (secondary N) is 2. The molecule has 0 aromatic heterocycles. The molecule has 3 aromatic carbocycles. The molecule has 5 nitrogen and oxygen atoms in total. The van der Waals surface area contributed by atoms with Crippen LogP contribution in [0.4, 0.5) is 5.69 Å². The van der Waals surface area contributed by atoms with Gasteiger partial charge in [-0.2, -0.15) is 0 Å². The summed E-state index contributed by atoms with van der Waals surface area (Å²) in [5.74, 6) is 1.56. The zero-order chi connectivity index (χ0) is 26.1. The van der Waals surface area contributed by atoms with Gasteiger partial charge < -0.3 is 20.1 Å². The highest BCUT2D eigenvalue weighted by molar-refractivity contribution is 7.80. The standard InChI is InChI=1S/C30H34N2O3S/c1-29(2,3)21-12-10-19(11-13-21)27(33)20-8-7-9-22(16-20)31-28(36)32-25-18-30(4,5)35-26-15-14-23(34-6)17-24(25)26/h7-17,25H,18H2,1-6H3,(H2,31,32,36)/t25-/m1/s1. The maximum absolute atomic E-state index is 13.1. The highest BCUT2D eigenvalue weighted by atomic mass is 32.1. The quantitative estimate of drug-likeness (QED) is 0.295. The minimum atomic E-state index is -0.344. The number of ketones is 1. The third kappa shape index (κ3) is 5.88. The molecular weight excluding hydrogens is 468 g/mol. The van der Waals surface area contributed by atoms with Crippen LogP contribution in [-0.2, 0) is 5.41 Å². The SMILES string of the molecule is COc1ccc2c(c1)[C@H](NC(=S)Nc1cccc(C(=O)c3ccc(C(C)(C)C)cc3)c1)CC(C)(C)O2. The topological polar surface area (TPSA) is 59.6 Å². The monoisotopic (exact) mass is 502 g/mol. The second-order valence-corrected chi connectivity index (χ2v) is 11.3. The predicted molar refractivity (Wildman–Crippen MR) is 149 cm³/mol. The third-order valence-electron chi connectivity index (χ3n) is 6.38. The number of thiocarbonyl (C=S) groups is 1. The highest BCUT2D eigenvalue weighted by Gasteiger charge is 2.34. The van der Waals surface area contributed by atoms with E-state index in [0.717, 1.165) is 29.2 Å². The number of fused-ring (bicyclic) bond motifs is 1. The van der Waals surface area contributed by atoms with Crippen LogP contribution >= 0.6 is 12.2 Å². The molecule has 1 aliphatic heterocycles. The maximum atomic E-state index is 13.1. The first-order valence-corrected chi connectivity index (χ1v) is 12.6. The van der Waals surface area contributed by atoms with Gasteiger partial charge in [-0.05, 0) is 67.4 Å². The average molecular weight is 503 g/mol. The molecule has 4 rings (SSSR count). The molecule has 3 aromatic rings. The van der Waals surface area contributed by atoms with E-state index in [9.17, 15) is 4.79 Å². The fourth-order valence-electron chi connectivity index (χ4n) is 4.44. The Morgan fingerprint density at radius 2 is 1.75 bits per heavy atom. The number of carbonyl (C=O) groups excluding carboxylic acids is 1. The van der Waals surface area contributed by atoms with Crippen LogP contribution in [0.2, 0.25) is 0 Å². The molecule has 0 bridgehead atoms. The average Bonchev–Trinajstić information content (AvgIpc) is 2.82. The van der Waals surface area contributed by atoms with Crippen molar-refractivity contribution in [2.45, 2.75) is 58.1 Å². The molecule has 0 unspecified atom stereocenters. The maximum Gasteiger partial charge on any atom is 0.193 e. The van der Waals surface area contributed by atoms with E-state index in [2.05, 4.69) is 45.3 Å². The summed E-state index contributed by atoms with van der Waals surface area (Å²) in [6, 6.07) is 21.0. The second-order valence-electron chi connectivity index (χ2n) is 10.9. The summed E-state index contributed by atoms with van der Waals surface area (Å²) in [4.78, 5) is 13.1.